The van der Waals surface area contributed by atoms with Crippen molar-refractivity contribution in [3.63, 3.8) is 0 Å². The SMILES string of the molecule is C=C(/C=C\CC)Nc1cccc(Br)c1C#N. The van der Waals surface area contributed by atoms with Gasteiger partial charge in [0.1, 0.15) is 6.07 Å². The molecule has 1 N–H and O–H groups in total. The Morgan fingerprint density at radius 1 is 1.62 bits per heavy atom. The molecule has 0 bridgehead atoms. The molecule has 0 unspecified atom stereocenters. The molecule has 0 heterocycles. The zero-order chi connectivity index (χ0) is 12.0. The van der Waals surface area contributed by atoms with Gasteiger partial charge >= 0.3 is 0 Å². The molecule has 1 rings (SSSR count). The molecule has 0 atom stereocenters. The van der Waals surface area contributed by atoms with E-state index >= 15 is 0 Å². The highest BCUT2D eigenvalue weighted by atomic mass is 79.9. The molecule has 0 aromatic heterocycles. The molecule has 82 valence electrons. The summed E-state index contributed by atoms with van der Waals surface area (Å²) in [5, 5.41) is 12.1. The van der Waals surface area contributed by atoms with Crippen LogP contribution in [0.3, 0.4) is 0 Å². The molecule has 16 heavy (non-hydrogen) atoms. The van der Waals surface area contributed by atoms with E-state index < -0.39 is 0 Å². The highest BCUT2D eigenvalue weighted by molar-refractivity contribution is 9.10. The molecule has 3 heteroatoms. The third kappa shape index (κ3) is 3.25. The molecule has 0 radical (unpaired) electrons. The lowest BCUT2D eigenvalue weighted by atomic mass is 10.2. The summed E-state index contributed by atoms with van der Waals surface area (Å²) in [6.45, 7) is 5.93. The van der Waals surface area contributed by atoms with Crippen LogP contribution in [0.5, 0.6) is 0 Å². The van der Waals surface area contributed by atoms with Gasteiger partial charge < -0.3 is 5.32 Å². The Hall–Kier alpha value is -1.53. The zero-order valence-electron chi connectivity index (χ0n) is 9.13. The Balaban J connectivity index is 2.90. The first-order chi connectivity index (χ1) is 7.69. The smallest absolute Gasteiger partial charge is 0.103 e. The van der Waals surface area contributed by atoms with Crippen LogP contribution in [-0.2, 0) is 0 Å². The monoisotopic (exact) mass is 276 g/mol. The largest absolute Gasteiger partial charge is 0.355 e. The van der Waals surface area contributed by atoms with E-state index in [1.807, 2.05) is 30.4 Å². The minimum atomic E-state index is 0.591. The van der Waals surface area contributed by atoms with Crippen LogP contribution < -0.4 is 5.32 Å². The first kappa shape index (κ1) is 12.5. The molecule has 0 saturated heterocycles. The second kappa shape index (κ2) is 6.14. The van der Waals surface area contributed by atoms with E-state index in [-0.39, 0.29) is 0 Å². The Morgan fingerprint density at radius 2 is 2.38 bits per heavy atom. The van der Waals surface area contributed by atoms with E-state index in [0.717, 1.165) is 22.3 Å². The second-order valence-electron chi connectivity index (χ2n) is 3.24. The van der Waals surface area contributed by atoms with Gasteiger partial charge in [0.25, 0.3) is 0 Å². The van der Waals surface area contributed by atoms with Gasteiger partial charge in [-0.1, -0.05) is 25.6 Å². The van der Waals surface area contributed by atoms with Gasteiger partial charge in [-0.05, 0) is 40.6 Å². The molecule has 0 saturated carbocycles. The van der Waals surface area contributed by atoms with Crippen molar-refractivity contribution in [3.8, 4) is 6.07 Å². The van der Waals surface area contributed by atoms with Crippen LogP contribution >= 0.6 is 15.9 Å². The molecule has 0 fully saturated rings. The summed E-state index contributed by atoms with van der Waals surface area (Å²) in [7, 11) is 0. The van der Waals surface area contributed by atoms with Crippen molar-refractivity contribution < 1.29 is 0 Å². The van der Waals surface area contributed by atoms with Crippen molar-refractivity contribution in [2.45, 2.75) is 13.3 Å². The van der Waals surface area contributed by atoms with Gasteiger partial charge in [-0.3, -0.25) is 0 Å². The molecule has 0 aliphatic rings. The van der Waals surface area contributed by atoms with Gasteiger partial charge in [0.2, 0.25) is 0 Å². The average molecular weight is 277 g/mol. The summed E-state index contributed by atoms with van der Waals surface area (Å²) in [4.78, 5) is 0. The maximum atomic E-state index is 9.02. The summed E-state index contributed by atoms with van der Waals surface area (Å²) >= 11 is 3.34. The number of rotatable bonds is 4. The molecule has 0 spiro atoms. The number of allylic oxidation sites excluding steroid dienone is 2. The first-order valence-electron chi connectivity index (χ1n) is 5.00. The molecular formula is C13H13BrN2. The molecule has 1 aromatic carbocycles. The highest BCUT2D eigenvalue weighted by Gasteiger charge is 2.05. The van der Waals surface area contributed by atoms with E-state index in [1.54, 1.807) is 0 Å². The molecule has 0 aliphatic carbocycles. The number of nitrogens with zero attached hydrogens (tertiary/aromatic N) is 1. The van der Waals surface area contributed by atoms with Gasteiger partial charge in [0.05, 0.1) is 11.3 Å². The summed E-state index contributed by atoms with van der Waals surface area (Å²) < 4.78 is 0.785. The number of hydrogen-bond acceptors (Lipinski definition) is 2. The molecule has 0 aliphatic heterocycles. The van der Waals surface area contributed by atoms with Gasteiger partial charge in [0, 0.05) is 10.2 Å². The van der Waals surface area contributed by atoms with Crippen molar-refractivity contribution >= 4 is 21.6 Å². The number of halogens is 1. The van der Waals surface area contributed by atoms with Crippen molar-refractivity contribution in [2.24, 2.45) is 0 Å². The first-order valence-corrected chi connectivity index (χ1v) is 5.79. The van der Waals surface area contributed by atoms with Gasteiger partial charge in [-0.25, -0.2) is 0 Å². The van der Waals surface area contributed by atoms with Crippen molar-refractivity contribution in [2.75, 3.05) is 5.32 Å². The lowest BCUT2D eigenvalue weighted by Crippen LogP contribution is -1.98. The van der Waals surface area contributed by atoms with Gasteiger partial charge in [-0.2, -0.15) is 5.26 Å². The fourth-order valence-electron chi connectivity index (χ4n) is 1.22. The number of nitrogens with one attached hydrogen (secondary N) is 1. The standard InChI is InChI=1S/C13H13BrN2/c1-3-4-6-10(2)16-13-8-5-7-12(14)11(13)9-15/h4-8,16H,2-3H2,1H3/b6-4-. The lowest BCUT2D eigenvalue weighted by molar-refractivity contribution is 1.22. The van der Waals surface area contributed by atoms with Crippen LogP contribution in [0.25, 0.3) is 0 Å². The van der Waals surface area contributed by atoms with Crippen LogP contribution in [0, 0.1) is 11.3 Å². The quantitative estimate of drug-likeness (QED) is 0.837. The zero-order valence-corrected chi connectivity index (χ0v) is 10.7. The molecular weight excluding hydrogens is 264 g/mol. The maximum Gasteiger partial charge on any atom is 0.103 e. The van der Waals surface area contributed by atoms with Crippen LogP contribution in [-0.4, -0.2) is 0 Å². The maximum absolute atomic E-state index is 9.02. The minimum Gasteiger partial charge on any atom is -0.355 e. The predicted octanol–water partition coefficient (Wildman–Crippen LogP) is 4.21. The second-order valence-corrected chi connectivity index (χ2v) is 4.09. The van der Waals surface area contributed by atoms with E-state index in [9.17, 15) is 0 Å². The highest BCUT2D eigenvalue weighted by Crippen LogP contribution is 2.24. The summed E-state index contributed by atoms with van der Waals surface area (Å²) in [6, 6.07) is 7.73. The lowest BCUT2D eigenvalue weighted by Gasteiger charge is -2.08. The molecule has 2 nitrogen and oxygen atoms in total. The number of hydrogen-bond donors (Lipinski definition) is 1. The topological polar surface area (TPSA) is 35.8 Å². The normalized spacial score (nSPS) is 10.1. The fourth-order valence-corrected chi connectivity index (χ4v) is 1.67. The van der Waals surface area contributed by atoms with Crippen LogP contribution in [0.1, 0.15) is 18.9 Å². The Kier molecular flexibility index (Phi) is 4.81. The van der Waals surface area contributed by atoms with E-state index in [1.165, 1.54) is 0 Å². The van der Waals surface area contributed by atoms with Crippen molar-refractivity contribution in [1.29, 1.82) is 5.26 Å². The third-order valence-electron chi connectivity index (χ3n) is 1.98. The number of anilines is 1. The van der Waals surface area contributed by atoms with Gasteiger partial charge in [0.15, 0.2) is 0 Å². The van der Waals surface area contributed by atoms with Crippen molar-refractivity contribution in [1.82, 2.24) is 0 Å². The summed E-state index contributed by atoms with van der Waals surface area (Å²) in [5.74, 6) is 0. The van der Waals surface area contributed by atoms with Crippen molar-refractivity contribution in [3.05, 3.63) is 52.7 Å². The Bertz CT molecular complexity index is 455. The summed E-state index contributed by atoms with van der Waals surface area (Å²) in [6.07, 6.45) is 4.88. The molecule has 0 amide bonds. The van der Waals surface area contributed by atoms with E-state index in [0.29, 0.717) is 5.56 Å². The molecule has 1 aromatic rings. The van der Waals surface area contributed by atoms with Crippen LogP contribution in [0.4, 0.5) is 5.69 Å². The average Bonchev–Trinajstić information content (AvgIpc) is 2.27. The van der Waals surface area contributed by atoms with E-state index in [2.05, 4.69) is 40.8 Å². The fraction of sp³-hybridized carbons (Fsp3) is 0.154. The van der Waals surface area contributed by atoms with Gasteiger partial charge in [-0.15, -0.1) is 0 Å². The Labute approximate surface area is 104 Å². The Morgan fingerprint density at radius 3 is 3.00 bits per heavy atom. The van der Waals surface area contributed by atoms with Crippen LogP contribution in [0.15, 0.2) is 47.1 Å². The summed E-state index contributed by atoms with van der Waals surface area (Å²) in [5.41, 5.74) is 2.13. The van der Waals surface area contributed by atoms with E-state index in [4.69, 9.17) is 5.26 Å². The minimum absolute atomic E-state index is 0.591. The number of benzene rings is 1. The third-order valence-corrected chi connectivity index (χ3v) is 2.64. The number of nitriles is 1. The van der Waals surface area contributed by atoms with Crippen LogP contribution in [0.2, 0.25) is 0 Å². The predicted molar refractivity (Wildman–Crippen MR) is 71.1 cm³/mol.